The first-order valence-corrected chi connectivity index (χ1v) is 14.4. The van der Waals surface area contributed by atoms with Crippen molar-refractivity contribution in [3.8, 4) is 17.0 Å². The van der Waals surface area contributed by atoms with E-state index in [1.54, 1.807) is 18.2 Å². The number of sulfonamides is 1. The first-order chi connectivity index (χ1) is 20.9. The van der Waals surface area contributed by atoms with E-state index in [-0.39, 0.29) is 30.7 Å². The number of alkyl halides is 3. The molecule has 16 heteroatoms. The van der Waals surface area contributed by atoms with Crippen molar-refractivity contribution in [2.75, 3.05) is 42.9 Å². The van der Waals surface area contributed by atoms with Crippen LogP contribution in [0.2, 0.25) is 0 Å². The van der Waals surface area contributed by atoms with Crippen LogP contribution in [0.25, 0.3) is 22.0 Å². The van der Waals surface area contributed by atoms with Crippen molar-refractivity contribution in [3.63, 3.8) is 0 Å². The quantitative estimate of drug-likeness (QED) is 0.233. The molecule has 0 unspecified atom stereocenters. The van der Waals surface area contributed by atoms with Gasteiger partial charge < -0.3 is 14.5 Å². The molecule has 0 bridgehead atoms. The Bertz CT molecular complexity index is 1840. The van der Waals surface area contributed by atoms with Gasteiger partial charge in [0.1, 0.15) is 29.5 Å². The summed E-state index contributed by atoms with van der Waals surface area (Å²) in [6.07, 6.45) is -1.39. The summed E-state index contributed by atoms with van der Waals surface area (Å²) in [5.74, 6) is -2.91. The second kappa shape index (κ2) is 12.0. The molecule has 1 amide bonds. The lowest BCUT2D eigenvalue weighted by Crippen LogP contribution is -2.48. The number of amides is 1. The van der Waals surface area contributed by atoms with Crippen LogP contribution >= 0.6 is 0 Å². The van der Waals surface area contributed by atoms with E-state index in [9.17, 15) is 35.2 Å². The maximum Gasteiger partial charge on any atom is 0.409 e. The molecule has 1 aliphatic heterocycles. The summed E-state index contributed by atoms with van der Waals surface area (Å²) in [5, 5.41) is 0.605. The van der Waals surface area contributed by atoms with Gasteiger partial charge in [-0.25, -0.2) is 32.2 Å². The fourth-order valence-electron chi connectivity index (χ4n) is 4.67. The Hall–Kier alpha value is -4.86. The summed E-state index contributed by atoms with van der Waals surface area (Å²) in [6, 6.07) is 9.24. The van der Waals surface area contributed by atoms with Crippen molar-refractivity contribution in [2.45, 2.75) is 11.1 Å². The van der Waals surface area contributed by atoms with Crippen molar-refractivity contribution < 1.29 is 39.9 Å². The number of halogens is 5. The van der Waals surface area contributed by atoms with E-state index in [0.717, 1.165) is 18.2 Å². The van der Waals surface area contributed by atoms with Gasteiger partial charge in [-0.3, -0.25) is 9.52 Å². The number of benzene rings is 2. The fraction of sp³-hybridized carbons (Fsp3) is 0.214. The number of anilines is 2. The second-order valence-electron chi connectivity index (χ2n) is 9.55. The highest BCUT2D eigenvalue weighted by Gasteiger charge is 2.27. The molecule has 0 aliphatic carbocycles. The van der Waals surface area contributed by atoms with Crippen LogP contribution in [0.5, 0.6) is 5.88 Å². The Morgan fingerprint density at radius 3 is 2.34 bits per heavy atom. The molecule has 2 aromatic carbocycles. The highest BCUT2D eigenvalue weighted by Crippen LogP contribution is 2.34. The number of rotatable bonds is 7. The number of nitrogens with zero attached hydrogens (tertiary/aromatic N) is 5. The summed E-state index contributed by atoms with van der Waals surface area (Å²) in [4.78, 5) is 27.0. The zero-order chi connectivity index (χ0) is 31.6. The minimum Gasteiger partial charge on any atom is -0.480 e. The van der Waals surface area contributed by atoms with Gasteiger partial charge in [0.2, 0.25) is 11.8 Å². The predicted octanol–water partition coefficient (Wildman–Crippen LogP) is 4.55. The molecule has 0 saturated carbocycles. The third-order valence-electron chi connectivity index (χ3n) is 6.73. The van der Waals surface area contributed by atoms with Crippen LogP contribution in [0.3, 0.4) is 0 Å². The molecule has 230 valence electrons. The SMILES string of the molecule is COc1ncc(-c2ccc3ncnc(N4CCN(C(=O)/C=C/C(F)(F)F)CC4)c3c2)cc1NS(=O)(=O)c1c(F)cccc1F. The minimum atomic E-state index is -4.72. The van der Waals surface area contributed by atoms with E-state index in [0.29, 0.717) is 47.0 Å². The number of nitrogens with one attached hydrogen (secondary N) is 1. The average Bonchev–Trinajstić information content (AvgIpc) is 2.98. The molecule has 0 spiro atoms. The fourth-order valence-corrected chi connectivity index (χ4v) is 5.85. The second-order valence-corrected chi connectivity index (χ2v) is 11.2. The van der Waals surface area contributed by atoms with Gasteiger partial charge in [0.15, 0.2) is 4.90 Å². The van der Waals surface area contributed by atoms with Crippen molar-refractivity contribution in [2.24, 2.45) is 0 Å². The number of hydrogen-bond acceptors (Lipinski definition) is 8. The standard InChI is InChI=1S/C28H23F5N6O4S/c1-43-27-23(37-44(41,42)25-20(29)3-2-4-21(25)30)14-18(15-34-27)17-5-6-22-19(13-17)26(36-16-35-22)39-11-9-38(10-12-39)24(40)7-8-28(31,32)33/h2-8,13-16,37H,9-12H2,1H3/b8-7+. The van der Waals surface area contributed by atoms with Crippen LogP contribution in [-0.4, -0.2) is 73.6 Å². The lowest BCUT2D eigenvalue weighted by molar-refractivity contribution is -0.127. The van der Waals surface area contributed by atoms with Gasteiger partial charge in [-0.1, -0.05) is 12.1 Å². The van der Waals surface area contributed by atoms with E-state index >= 15 is 0 Å². The van der Waals surface area contributed by atoms with Crippen molar-refractivity contribution in [1.82, 2.24) is 19.9 Å². The molecule has 1 fully saturated rings. The van der Waals surface area contributed by atoms with Crippen molar-refractivity contribution in [1.29, 1.82) is 0 Å². The number of carbonyl (C=O) groups is 1. The summed E-state index contributed by atoms with van der Waals surface area (Å²) in [7, 11) is -3.47. The van der Waals surface area contributed by atoms with E-state index in [1.165, 1.54) is 30.6 Å². The van der Waals surface area contributed by atoms with E-state index < -0.39 is 38.6 Å². The number of aromatic nitrogens is 3. The van der Waals surface area contributed by atoms with Gasteiger partial charge in [-0.2, -0.15) is 13.2 Å². The van der Waals surface area contributed by atoms with Gasteiger partial charge in [-0.05, 0) is 35.9 Å². The number of fused-ring (bicyclic) bond motifs is 1. The maximum atomic E-state index is 14.3. The molecule has 2 aromatic heterocycles. The van der Waals surface area contributed by atoms with Crippen LogP contribution in [0, 0.1) is 11.6 Å². The number of ether oxygens (including phenoxy) is 1. The van der Waals surface area contributed by atoms with Crippen LogP contribution in [0.4, 0.5) is 33.5 Å². The lowest BCUT2D eigenvalue weighted by atomic mass is 10.0. The third-order valence-corrected chi connectivity index (χ3v) is 8.15. The molecule has 1 N–H and O–H groups in total. The summed E-state index contributed by atoms with van der Waals surface area (Å²) < 4.78 is 99.1. The number of piperazine rings is 1. The molecular formula is C28H23F5N6O4S. The molecule has 3 heterocycles. The molecule has 10 nitrogen and oxygen atoms in total. The Balaban J connectivity index is 1.43. The zero-order valence-electron chi connectivity index (χ0n) is 22.8. The van der Waals surface area contributed by atoms with E-state index in [1.807, 2.05) is 4.90 Å². The Morgan fingerprint density at radius 1 is 0.977 bits per heavy atom. The summed E-state index contributed by atoms with van der Waals surface area (Å²) in [6.45, 7) is 0.927. The highest BCUT2D eigenvalue weighted by molar-refractivity contribution is 7.92. The maximum absolute atomic E-state index is 14.3. The molecule has 0 radical (unpaired) electrons. The summed E-state index contributed by atoms with van der Waals surface area (Å²) in [5.41, 5.74) is 1.38. The number of allylic oxidation sites excluding steroid dienone is 1. The number of pyridine rings is 1. The topological polar surface area (TPSA) is 118 Å². The Morgan fingerprint density at radius 2 is 1.68 bits per heavy atom. The van der Waals surface area contributed by atoms with Crippen LogP contribution in [0.1, 0.15) is 0 Å². The van der Waals surface area contributed by atoms with Crippen LogP contribution in [-0.2, 0) is 14.8 Å². The van der Waals surface area contributed by atoms with Crippen molar-refractivity contribution in [3.05, 3.63) is 78.8 Å². The highest BCUT2D eigenvalue weighted by atomic mass is 32.2. The average molecular weight is 635 g/mol. The van der Waals surface area contributed by atoms with Gasteiger partial charge in [0.25, 0.3) is 10.0 Å². The van der Waals surface area contributed by atoms with Gasteiger partial charge >= 0.3 is 6.18 Å². The first kappa shape index (κ1) is 30.6. The smallest absolute Gasteiger partial charge is 0.409 e. The molecular weight excluding hydrogens is 611 g/mol. The van der Waals surface area contributed by atoms with Crippen LogP contribution < -0.4 is 14.4 Å². The Kier molecular flexibility index (Phi) is 8.36. The third kappa shape index (κ3) is 6.54. The van der Waals surface area contributed by atoms with Gasteiger partial charge in [0.05, 0.1) is 12.6 Å². The lowest BCUT2D eigenvalue weighted by Gasteiger charge is -2.35. The summed E-state index contributed by atoms with van der Waals surface area (Å²) >= 11 is 0. The molecule has 5 rings (SSSR count). The molecule has 4 aromatic rings. The number of methoxy groups -OCH3 is 1. The molecule has 0 atom stereocenters. The number of carbonyl (C=O) groups excluding carboxylic acids is 1. The van der Waals surface area contributed by atoms with Gasteiger partial charge in [0, 0.05) is 55.5 Å². The van der Waals surface area contributed by atoms with E-state index in [4.69, 9.17) is 4.74 Å². The van der Waals surface area contributed by atoms with Crippen LogP contribution in [0.15, 0.2) is 72.0 Å². The Labute approximate surface area is 247 Å². The van der Waals surface area contributed by atoms with Crippen molar-refractivity contribution >= 4 is 38.3 Å². The largest absolute Gasteiger partial charge is 0.480 e. The first-order valence-electron chi connectivity index (χ1n) is 12.9. The van der Waals surface area contributed by atoms with E-state index in [2.05, 4.69) is 19.7 Å². The predicted molar refractivity (Wildman–Crippen MR) is 150 cm³/mol. The zero-order valence-corrected chi connectivity index (χ0v) is 23.7. The van der Waals surface area contributed by atoms with Gasteiger partial charge in [-0.15, -0.1) is 0 Å². The molecule has 1 aliphatic rings. The normalized spacial score (nSPS) is 14.3. The number of hydrogen-bond donors (Lipinski definition) is 1. The minimum absolute atomic E-state index is 0.0935. The molecule has 44 heavy (non-hydrogen) atoms. The molecule has 1 saturated heterocycles. The monoisotopic (exact) mass is 634 g/mol.